The van der Waals surface area contributed by atoms with E-state index in [1.54, 1.807) is 6.20 Å². The number of nitrogens with one attached hydrogen (secondary N) is 1. The fourth-order valence-corrected chi connectivity index (χ4v) is 4.40. The van der Waals surface area contributed by atoms with Gasteiger partial charge in [-0.15, -0.1) is 22.7 Å². The van der Waals surface area contributed by atoms with Crippen molar-refractivity contribution in [2.45, 2.75) is 17.7 Å². The topological polar surface area (TPSA) is 96.4 Å². The number of thiophene rings is 1. The number of aromatic carboxylic acids is 1. The fourth-order valence-electron chi connectivity index (χ4n) is 1.46. The maximum atomic E-state index is 12.0. The van der Waals surface area contributed by atoms with Gasteiger partial charge in [0, 0.05) is 29.4 Å². The van der Waals surface area contributed by atoms with Crippen LogP contribution in [-0.4, -0.2) is 31.0 Å². The molecule has 1 unspecified atom stereocenters. The third kappa shape index (κ3) is 3.42. The molecule has 0 bridgehead atoms. The van der Waals surface area contributed by atoms with Crippen LogP contribution in [0.2, 0.25) is 0 Å². The van der Waals surface area contributed by atoms with Gasteiger partial charge in [0.2, 0.25) is 10.0 Å². The summed E-state index contributed by atoms with van der Waals surface area (Å²) in [4.78, 5) is 14.9. The lowest BCUT2D eigenvalue weighted by Crippen LogP contribution is -2.27. The summed E-state index contributed by atoms with van der Waals surface area (Å²) in [5, 5.41) is 12.8. The third-order valence-corrected chi connectivity index (χ3v) is 6.03. The summed E-state index contributed by atoms with van der Waals surface area (Å²) in [6.45, 7) is 2.09. The first-order valence-corrected chi connectivity index (χ1v) is 8.85. The maximum Gasteiger partial charge on any atom is 0.345 e. The zero-order valence-electron chi connectivity index (χ0n) is 10.4. The molecule has 2 aromatic heterocycles. The normalized spacial score (nSPS) is 13.2. The Morgan fingerprint density at radius 1 is 1.50 bits per heavy atom. The second-order valence-corrected chi connectivity index (χ2v) is 7.68. The van der Waals surface area contributed by atoms with Crippen molar-refractivity contribution in [3.05, 3.63) is 32.9 Å². The Labute approximate surface area is 124 Å². The summed E-state index contributed by atoms with van der Waals surface area (Å²) in [5.74, 6) is -1.17. The fraction of sp³-hybridized carbons (Fsp3) is 0.273. The highest BCUT2D eigenvalue weighted by atomic mass is 32.2. The van der Waals surface area contributed by atoms with Crippen molar-refractivity contribution in [1.29, 1.82) is 0 Å². The van der Waals surface area contributed by atoms with Gasteiger partial charge in [-0.05, 0) is 6.07 Å². The largest absolute Gasteiger partial charge is 0.477 e. The van der Waals surface area contributed by atoms with E-state index in [9.17, 15) is 13.2 Å². The van der Waals surface area contributed by atoms with Gasteiger partial charge < -0.3 is 5.11 Å². The Morgan fingerprint density at radius 2 is 2.25 bits per heavy atom. The first kappa shape index (κ1) is 15.1. The summed E-state index contributed by atoms with van der Waals surface area (Å²) in [7, 11) is -3.69. The number of carboxylic acids is 1. The highest BCUT2D eigenvalue weighted by Gasteiger charge is 2.20. The van der Waals surface area contributed by atoms with E-state index >= 15 is 0 Å². The molecule has 2 rings (SSSR count). The van der Waals surface area contributed by atoms with Gasteiger partial charge in [-0.1, -0.05) is 6.92 Å². The van der Waals surface area contributed by atoms with E-state index in [1.807, 2.05) is 12.3 Å². The molecule has 6 nitrogen and oxygen atoms in total. The first-order chi connectivity index (χ1) is 9.40. The highest BCUT2D eigenvalue weighted by Crippen LogP contribution is 2.21. The van der Waals surface area contributed by atoms with Gasteiger partial charge in [0.05, 0.1) is 9.90 Å². The highest BCUT2D eigenvalue weighted by molar-refractivity contribution is 7.89. The summed E-state index contributed by atoms with van der Waals surface area (Å²) in [6, 6.07) is 1.16. The molecule has 1 atom stereocenters. The monoisotopic (exact) mass is 332 g/mol. The molecule has 0 aromatic carbocycles. The van der Waals surface area contributed by atoms with Crippen molar-refractivity contribution in [2.24, 2.45) is 0 Å². The maximum absolute atomic E-state index is 12.0. The zero-order valence-corrected chi connectivity index (χ0v) is 12.9. The average molecular weight is 332 g/mol. The molecule has 9 heteroatoms. The SMILES string of the molecule is CC(CNS(=O)(=O)c1csc(C(=O)O)c1)c1nccs1. The molecule has 0 aliphatic heterocycles. The van der Waals surface area contributed by atoms with Gasteiger partial charge in [-0.3, -0.25) is 0 Å². The van der Waals surface area contributed by atoms with Crippen LogP contribution in [0.1, 0.15) is 27.5 Å². The molecule has 0 saturated heterocycles. The minimum Gasteiger partial charge on any atom is -0.477 e. The Balaban J connectivity index is 2.05. The van der Waals surface area contributed by atoms with E-state index in [4.69, 9.17) is 5.11 Å². The number of hydrogen-bond donors (Lipinski definition) is 2. The Kier molecular flexibility index (Phi) is 4.53. The lowest BCUT2D eigenvalue weighted by molar-refractivity contribution is 0.0702. The van der Waals surface area contributed by atoms with E-state index in [2.05, 4.69) is 9.71 Å². The third-order valence-electron chi connectivity index (χ3n) is 2.55. The summed E-state index contributed by atoms with van der Waals surface area (Å²) >= 11 is 2.35. The smallest absolute Gasteiger partial charge is 0.345 e. The molecule has 0 aliphatic carbocycles. The average Bonchev–Trinajstić information content (AvgIpc) is 3.06. The molecule has 2 aromatic rings. The molecule has 0 aliphatic rings. The van der Waals surface area contributed by atoms with Crippen LogP contribution in [0.15, 0.2) is 27.9 Å². The van der Waals surface area contributed by atoms with E-state index in [0.29, 0.717) is 0 Å². The molecule has 0 fully saturated rings. The van der Waals surface area contributed by atoms with E-state index < -0.39 is 16.0 Å². The number of carboxylic acid groups (broad SMARTS) is 1. The molecule has 0 spiro atoms. The number of rotatable bonds is 6. The van der Waals surface area contributed by atoms with Gasteiger partial charge >= 0.3 is 5.97 Å². The number of aromatic nitrogens is 1. The number of carbonyl (C=O) groups is 1. The lowest BCUT2D eigenvalue weighted by atomic mass is 10.2. The van der Waals surface area contributed by atoms with Crippen LogP contribution < -0.4 is 4.72 Å². The van der Waals surface area contributed by atoms with Crippen LogP contribution >= 0.6 is 22.7 Å². The van der Waals surface area contributed by atoms with Gasteiger partial charge in [0.25, 0.3) is 0 Å². The first-order valence-electron chi connectivity index (χ1n) is 5.61. The van der Waals surface area contributed by atoms with Gasteiger partial charge in [0.15, 0.2) is 0 Å². The van der Waals surface area contributed by atoms with Crippen molar-refractivity contribution in [2.75, 3.05) is 6.54 Å². The van der Waals surface area contributed by atoms with Crippen LogP contribution in [0, 0.1) is 0 Å². The Bertz CT molecular complexity index is 691. The molecule has 0 radical (unpaired) electrons. The predicted octanol–water partition coefficient (Wildman–Crippen LogP) is 1.98. The standard InChI is InChI=1S/C11H12N2O4S3/c1-7(10-12-2-3-18-10)5-13-20(16,17)8-4-9(11(14)15)19-6-8/h2-4,6-7,13H,5H2,1H3,(H,14,15). The van der Waals surface area contributed by atoms with Crippen molar-refractivity contribution in [3.8, 4) is 0 Å². The molecular weight excluding hydrogens is 320 g/mol. The number of nitrogens with zero attached hydrogens (tertiary/aromatic N) is 1. The quantitative estimate of drug-likeness (QED) is 0.843. The summed E-state index contributed by atoms with van der Waals surface area (Å²) < 4.78 is 26.5. The molecule has 108 valence electrons. The van der Waals surface area contributed by atoms with Crippen LogP contribution in [0.4, 0.5) is 0 Å². The van der Waals surface area contributed by atoms with Crippen molar-refractivity contribution < 1.29 is 18.3 Å². The van der Waals surface area contributed by atoms with Crippen molar-refractivity contribution in [1.82, 2.24) is 9.71 Å². The van der Waals surface area contributed by atoms with Crippen molar-refractivity contribution >= 4 is 38.7 Å². The number of thiazole rings is 1. The Hall–Kier alpha value is -1.29. The second kappa shape index (κ2) is 6.00. The summed E-state index contributed by atoms with van der Waals surface area (Å²) in [5.41, 5.74) is 0. The molecule has 2 N–H and O–H groups in total. The predicted molar refractivity (Wildman–Crippen MR) is 77.0 cm³/mol. The van der Waals surface area contributed by atoms with E-state index in [0.717, 1.165) is 22.4 Å². The van der Waals surface area contributed by atoms with Gasteiger partial charge in [-0.25, -0.2) is 22.9 Å². The summed E-state index contributed by atoms with van der Waals surface area (Å²) in [6.07, 6.45) is 1.67. The van der Waals surface area contributed by atoms with Gasteiger partial charge in [0.1, 0.15) is 4.88 Å². The van der Waals surface area contributed by atoms with Crippen molar-refractivity contribution in [3.63, 3.8) is 0 Å². The molecular formula is C11H12N2O4S3. The van der Waals surface area contributed by atoms with Crippen LogP contribution in [0.3, 0.4) is 0 Å². The molecule has 2 heterocycles. The van der Waals surface area contributed by atoms with Crippen LogP contribution in [0.25, 0.3) is 0 Å². The zero-order chi connectivity index (χ0) is 14.8. The minimum absolute atomic E-state index is 0.00153. The molecule has 0 saturated carbocycles. The van der Waals surface area contributed by atoms with Gasteiger partial charge in [-0.2, -0.15) is 0 Å². The minimum atomic E-state index is -3.69. The molecule has 0 amide bonds. The number of sulfonamides is 1. The lowest BCUT2D eigenvalue weighted by Gasteiger charge is -2.09. The van der Waals surface area contributed by atoms with Crippen LogP contribution in [0.5, 0.6) is 0 Å². The van der Waals surface area contributed by atoms with E-state index in [-0.39, 0.29) is 22.2 Å². The second-order valence-electron chi connectivity index (χ2n) is 4.08. The van der Waals surface area contributed by atoms with E-state index in [1.165, 1.54) is 16.7 Å². The molecule has 20 heavy (non-hydrogen) atoms. The van der Waals surface area contributed by atoms with Crippen LogP contribution in [-0.2, 0) is 10.0 Å². The number of hydrogen-bond acceptors (Lipinski definition) is 6. The Morgan fingerprint density at radius 3 is 2.80 bits per heavy atom.